The molecule has 1 N–H and O–H groups in total. The molecule has 0 fully saturated rings. The normalized spacial score (nSPS) is 10.9. The van der Waals surface area contributed by atoms with Gasteiger partial charge in [-0.2, -0.15) is 0 Å². The van der Waals surface area contributed by atoms with Gasteiger partial charge in [0.15, 0.2) is 0 Å². The molecule has 0 saturated heterocycles. The maximum atomic E-state index is 3.48. The number of hydrogen-bond acceptors (Lipinski definition) is 2. The van der Waals surface area contributed by atoms with E-state index in [9.17, 15) is 0 Å². The van der Waals surface area contributed by atoms with E-state index in [0.717, 1.165) is 26.2 Å². The van der Waals surface area contributed by atoms with Gasteiger partial charge in [0.25, 0.3) is 0 Å². The highest BCUT2D eigenvalue weighted by Gasteiger charge is 2.02. The zero-order valence-corrected chi connectivity index (χ0v) is 12.4. The molecule has 0 heterocycles. The van der Waals surface area contributed by atoms with E-state index in [1.807, 2.05) is 0 Å². The summed E-state index contributed by atoms with van der Waals surface area (Å²) in [6.45, 7) is 13.2. The maximum Gasteiger partial charge on any atom is 0.0366 e. The van der Waals surface area contributed by atoms with Gasteiger partial charge in [0, 0.05) is 25.3 Å². The molecule has 0 spiro atoms. The van der Waals surface area contributed by atoms with Crippen molar-refractivity contribution in [3.63, 3.8) is 0 Å². The fraction of sp³-hybridized carbons (Fsp3) is 0.625. The average molecular weight is 248 g/mol. The summed E-state index contributed by atoms with van der Waals surface area (Å²) in [4.78, 5) is 2.42. The van der Waals surface area contributed by atoms with E-state index in [0.29, 0.717) is 5.92 Å². The molecule has 0 aliphatic rings. The molecule has 0 aliphatic heterocycles. The molecule has 0 unspecified atom stereocenters. The Bertz CT molecular complexity index is 316. The third-order valence-corrected chi connectivity index (χ3v) is 3.06. The molecule has 1 aromatic rings. The van der Waals surface area contributed by atoms with E-state index < -0.39 is 0 Å². The van der Waals surface area contributed by atoms with Gasteiger partial charge in [-0.05, 0) is 43.5 Å². The van der Waals surface area contributed by atoms with Gasteiger partial charge in [0.2, 0.25) is 0 Å². The summed E-state index contributed by atoms with van der Waals surface area (Å²) >= 11 is 0. The Morgan fingerprint density at radius 3 is 2.28 bits per heavy atom. The van der Waals surface area contributed by atoms with Crippen molar-refractivity contribution < 1.29 is 0 Å². The Balaban J connectivity index is 2.50. The summed E-state index contributed by atoms with van der Waals surface area (Å²) in [6, 6.07) is 8.96. The SMILES string of the molecule is CCCN(CC)c1ccc(CNCC(C)C)cc1. The smallest absolute Gasteiger partial charge is 0.0366 e. The van der Waals surface area contributed by atoms with Crippen molar-refractivity contribution in [1.29, 1.82) is 0 Å². The molecule has 0 atom stereocenters. The number of anilines is 1. The third kappa shape index (κ3) is 5.09. The van der Waals surface area contributed by atoms with Gasteiger partial charge in [0.05, 0.1) is 0 Å². The van der Waals surface area contributed by atoms with Crippen molar-refractivity contribution in [2.24, 2.45) is 5.92 Å². The highest BCUT2D eigenvalue weighted by molar-refractivity contribution is 5.47. The molecule has 2 heteroatoms. The number of rotatable bonds is 8. The van der Waals surface area contributed by atoms with E-state index in [1.165, 1.54) is 17.7 Å². The van der Waals surface area contributed by atoms with Crippen LogP contribution in [0, 0.1) is 5.92 Å². The lowest BCUT2D eigenvalue weighted by Gasteiger charge is -2.22. The lowest BCUT2D eigenvalue weighted by atomic mass is 10.1. The molecule has 2 nitrogen and oxygen atoms in total. The van der Waals surface area contributed by atoms with Gasteiger partial charge < -0.3 is 10.2 Å². The zero-order chi connectivity index (χ0) is 13.4. The van der Waals surface area contributed by atoms with Gasteiger partial charge in [0.1, 0.15) is 0 Å². The molecule has 0 aliphatic carbocycles. The van der Waals surface area contributed by atoms with Crippen LogP contribution in [-0.2, 0) is 6.54 Å². The fourth-order valence-corrected chi connectivity index (χ4v) is 2.07. The topological polar surface area (TPSA) is 15.3 Å². The summed E-state index contributed by atoms with van der Waals surface area (Å²) in [5.41, 5.74) is 2.71. The largest absolute Gasteiger partial charge is 0.372 e. The predicted molar refractivity (Wildman–Crippen MR) is 81.2 cm³/mol. The Labute approximate surface area is 112 Å². The van der Waals surface area contributed by atoms with Crippen LogP contribution in [0.25, 0.3) is 0 Å². The van der Waals surface area contributed by atoms with Crippen LogP contribution in [0.3, 0.4) is 0 Å². The maximum absolute atomic E-state index is 3.48. The van der Waals surface area contributed by atoms with Gasteiger partial charge in [-0.15, -0.1) is 0 Å². The first-order valence-corrected chi connectivity index (χ1v) is 7.22. The quantitative estimate of drug-likeness (QED) is 0.755. The molecule has 18 heavy (non-hydrogen) atoms. The first kappa shape index (κ1) is 15.0. The Hall–Kier alpha value is -1.02. The van der Waals surface area contributed by atoms with Crippen molar-refractivity contribution in [2.75, 3.05) is 24.5 Å². The minimum Gasteiger partial charge on any atom is -0.372 e. The van der Waals surface area contributed by atoms with E-state index >= 15 is 0 Å². The summed E-state index contributed by atoms with van der Waals surface area (Å²) in [5, 5.41) is 3.48. The van der Waals surface area contributed by atoms with Crippen LogP contribution >= 0.6 is 0 Å². The molecule has 1 rings (SSSR count). The second-order valence-corrected chi connectivity index (χ2v) is 5.27. The van der Waals surface area contributed by atoms with Gasteiger partial charge in [-0.1, -0.05) is 32.9 Å². The summed E-state index contributed by atoms with van der Waals surface area (Å²) < 4.78 is 0. The van der Waals surface area contributed by atoms with Gasteiger partial charge in [-0.3, -0.25) is 0 Å². The molecule has 0 aromatic heterocycles. The Morgan fingerprint density at radius 2 is 1.78 bits per heavy atom. The van der Waals surface area contributed by atoms with Crippen LogP contribution in [0.5, 0.6) is 0 Å². The summed E-state index contributed by atoms with van der Waals surface area (Å²) in [5.74, 6) is 0.712. The van der Waals surface area contributed by atoms with Crippen LogP contribution in [-0.4, -0.2) is 19.6 Å². The van der Waals surface area contributed by atoms with Crippen LogP contribution in [0.2, 0.25) is 0 Å². The zero-order valence-electron chi connectivity index (χ0n) is 12.4. The Kier molecular flexibility index (Phi) is 6.81. The average Bonchev–Trinajstić information content (AvgIpc) is 2.36. The molecule has 1 aromatic carbocycles. The highest BCUT2D eigenvalue weighted by atomic mass is 15.1. The highest BCUT2D eigenvalue weighted by Crippen LogP contribution is 2.15. The Morgan fingerprint density at radius 1 is 1.11 bits per heavy atom. The predicted octanol–water partition coefficient (Wildman–Crippen LogP) is 3.67. The van der Waals surface area contributed by atoms with E-state index in [2.05, 4.69) is 62.2 Å². The van der Waals surface area contributed by atoms with E-state index in [4.69, 9.17) is 0 Å². The first-order valence-electron chi connectivity index (χ1n) is 7.22. The van der Waals surface area contributed by atoms with E-state index in [1.54, 1.807) is 0 Å². The standard InChI is InChI=1S/C16H28N2/c1-5-11-18(6-2)16-9-7-15(8-10-16)13-17-12-14(3)4/h7-10,14,17H,5-6,11-13H2,1-4H3. The minimum atomic E-state index is 0.712. The van der Waals surface area contributed by atoms with Crippen LogP contribution in [0.1, 0.15) is 39.7 Å². The number of nitrogens with one attached hydrogen (secondary N) is 1. The summed E-state index contributed by atoms with van der Waals surface area (Å²) in [6.07, 6.45) is 1.20. The van der Waals surface area contributed by atoms with Crippen molar-refractivity contribution in [3.05, 3.63) is 29.8 Å². The van der Waals surface area contributed by atoms with E-state index in [-0.39, 0.29) is 0 Å². The van der Waals surface area contributed by atoms with Crippen LogP contribution in [0.4, 0.5) is 5.69 Å². The second-order valence-electron chi connectivity index (χ2n) is 5.27. The molecular weight excluding hydrogens is 220 g/mol. The van der Waals surface area contributed by atoms with Crippen molar-refractivity contribution >= 4 is 5.69 Å². The van der Waals surface area contributed by atoms with Crippen molar-refractivity contribution in [2.45, 2.75) is 40.7 Å². The molecule has 0 bridgehead atoms. The molecule has 0 radical (unpaired) electrons. The van der Waals surface area contributed by atoms with Gasteiger partial charge >= 0.3 is 0 Å². The van der Waals surface area contributed by atoms with Crippen molar-refractivity contribution in [1.82, 2.24) is 5.32 Å². The minimum absolute atomic E-state index is 0.712. The third-order valence-electron chi connectivity index (χ3n) is 3.06. The molecule has 0 amide bonds. The molecule has 102 valence electrons. The lowest BCUT2D eigenvalue weighted by molar-refractivity contribution is 0.552. The van der Waals surface area contributed by atoms with Gasteiger partial charge in [-0.25, -0.2) is 0 Å². The van der Waals surface area contributed by atoms with Crippen LogP contribution in [0.15, 0.2) is 24.3 Å². The lowest BCUT2D eigenvalue weighted by Crippen LogP contribution is -2.23. The number of hydrogen-bond donors (Lipinski definition) is 1. The number of benzene rings is 1. The number of nitrogens with zero attached hydrogens (tertiary/aromatic N) is 1. The fourth-order valence-electron chi connectivity index (χ4n) is 2.07. The monoisotopic (exact) mass is 248 g/mol. The summed E-state index contributed by atoms with van der Waals surface area (Å²) in [7, 11) is 0. The molecule has 0 saturated carbocycles. The van der Waals surface area contributed by atoms with Crippen LogP contribution < -0.4 is 10.2 Å². The van der Waals surface area contributed by atoms with Crippen molar-refractivity contribution in [3.8, 4) is 0 Å². The second kappa shape index (κ2) is 8.15. The molecular formula is C16H28N2. The first-order chi connectivity index (χ1) is 8.67.